The summed E-state index contributed by atoms with van der Waals surface area (Å²) in [4.78, 5) is 15.2. The van der Waals surface area contributed by atoms with Crippen molar-refractivity contribution in [3.8, 4) is 5.75 Å². The van der Waals surface area contributed by atoms with Crippen molar-refractivity contribution in [1.29, 1.82) is 0 Å². The topological polar surface area (TPSA) is 57.7 Å². The Kier molecular flexibility index (Phi) is 5.42. The number of carbonyl (C=O) groups is 1. The van der Waals surface area contributed by atoms with Crippen molar-refractivity contribution in [3.05, 3.63) is 24.0 Å². The second-order valence-corrected chi connectivity index (χ2v) is 3.77. The molecular weight excluding hydrogens is 222 g/mol. The molecule has 1 unspecified atom stereocenters. The lowest BCUT2D eigenvalue weighted by molar-refractivity contribution is 0.0599. The quantitative estimate of drug-likeness (QED) is 0.704. The summed E-state index contributed by atoms with van der Waals surface area (Å²) in [5.74, 6) is 0.408. The van der Waals surface area contributed by atoms with Crippen LogP contribution in [0.3, 0.4) is 0 Å². The van der Waals surface area contributed by atoms with Crippen LogP contribution in [-0.4, -0.2) is 38.4 Å². The Morgan fingerprint density at radius 2 is 2.12 bits per heavy atom. The highest BCUT2D eigenvalue weighted by Crippen LogP contribution is 2.13. The summed E-state index contributed by atoms with van der Waals surface area (Å²) in [6.45, 7) is 3.16. The van der Waals surface area contributed by atoms with Gasteiger partial charge in [-0.05, 0) is 6.07 Å². The molecule has 0 saturated heterocycles. The van der Waals surface area contributed by atoms with E-state index in [4.69, 9.17) is 9.47 Å². The van der Waals surface area contributed by atoms with Crippen LogP contribution in [0.25, 0.3) is 0 Å². The molecule has 17 heavy (non-hydrogen) atoms. The van der Waals surface area contributed by atoms with Gasteiger partial charge in [0.15, 0.2) is 0 Å². The third-order valence-corrected chi connectivity index (χ3v) is 2.12. The van der Waals surface area contributed by atoms with Crippen LogP contribution in [0.2, 0.25) is 0 Å². The van der Waals surface area contributed by atoms with Crippen molar-refractivity contribution in [2.45, 2.75) is 6.92 Å². The Morgan fingerprint density at radius 1 is 1.35 bits per heavy atom. The van der Waals surface area contributed by atoms with Gasteiger partial charge in [-0.15, -0.1) is 0 Å². The highest BCUT2D eigenvalue weighted by molar-refractivity contribution is 5.89. The largest absolute Gasteiger partial charge is 0.492 e. The van der Waals surface area contributed by atoms with Gasteiger partial charge in [-0.1, -0.05) is 6.92 Å². The normalized spacial score (nSPS) is 11.9. The number of rotatable bonds is 6. The van der Waals surface area contributed by atoms with Gasteiger partial charge in [0.25, 0.3) is 0 Å². The first-order chi connectivity index (χ1) is 8.17. The fraction of sp³-hybridized carbons (Fsp3) is 0.500. The smallest absolute Gasteiger partial charge is 0.339 e. The Morgan fingerprint density at radius 3 is 2.76 bits per heavy atom. The van der Waals surface area contributed by atoms with Crippen LogP contribution in [0.4, 0.5) is 0 Å². The van der Waals surface area contributed by atoms with Crippen molar-refractivity contribution in [2.24, 2.45) is 5.92 Å². The van der Waals surface area contributed by atoms with Gasteiger partial charge in [-0.25, -0.2) is 4.79 Å². The van der Waals surface area contributed by atoms with E-state index in [2.05, 4.69) is 9.72 Å². The third-order valence-electron chi connectivity index (χ3n) is 2.12. The molecule has 0 aliphatic heterocycles. The number of pyridine rings is 1. The summed E-state index contributed by atoms with van der Waals surface area (Å²) in [6.07, 6.45) is 3.00. The van der Waals surface area contributed by atoms with E-state index in [-0.39, 0.29) is 5.92 Å². The molecule has 0 bridgehead atoms. The zero-order valence-electron chi connectivity index (χ0n) is 10.3. The first kappa shape index (κ1) is 13.4. The van der Waals surface area contributed by atoms with E-state index in [0.29, 0.717) is 24.5 Å². The molecule has 0 amide bonds. The molecule has 1 rings (SSSR count). The predicted molar refractivity (Wildman–Crippen MR) is 62.1 cm³/mol. The number of esters is 1. The molecule has 5 heteroatoms. The molecule has 0 radical (unpaired) electrons. The van der Waals surface area contributed by atoms with Crippen molar-refractivity contribution >= 4 is 5.97 Å². The van der Waals surface area contributed by atoms with E-state index < -0.39 is 5.97 Å². The van der Waals surface area contributed by atoms with Gasteiger partial charge in [-0.3, -0.25) is 4.98 Å². The summed E-state index contributed by atoms with van der Waals surface area (Å²) in [5.41, 5.74) is 0.379. The molecule has 94 valence electrons. The maximum absolute atomic E-state index is 11.3. The second-order valence-electron chi connectivity index (χ2n) is 3.77. The monoisotopic (exact) mass is 239 g/mol. The first-order valence-electron chi connectivity index (χ1n) is 5.32. The van der Waals surface area contributed by atoms with E-state index in [1.165, 1.54) is 13.3 Å². The Bertz CT molecular complexity index is 367. The minimum atomic E-state index is -0.423. The van der Waals surface area contributed by atoms with Crippen LogP contribution in [0.15, 0.2) is 18.5 Å². The van der Waals surface area contributed by atoms with E-state index in [0.717, 1.165) is 0 Å². The third kappa shape index (κ3) is 4.40. The standard InChI is InChI=1S/C12H17NO4/c1-9(7-15-2)8-17-11-4-10(5-13-6-11)12(14)16-3/h4-6,9H,7-8H2,1-3H3. The number of hydrogen-bond donors (Lipinski definition) is 0. The molecule has 1 aromatic rings. The number of nitrogens with zero attached hydrogens (tertiary/aromatic N) is 1. The number of carbonyl (C=O) groups excluding carboxylic acids is 1. The highest BCUT2D eigenvalue weighted by atomic mass is 16.5. The van der Waals surface area contributed by atoms with Crippen LogP contribution in [0, 0.1) is 5.92 Å². The lowest BCUT2D eigenvalue weighted by atomic mass is 10.2. The Hall–Kier alpha value is -1.62. The molecular formula is C12H17NO4. The first-order valence-corrected chi connectivity index (χ1v) is 5.32. The number of methoxy groups -OCH3 is 2. The average molecular weight is 239 g/mol. The molecule has 0 aliphatic carbocycles. The number of ether oxygens (including phenoxy) is 3. The maximum atomic E-state index is 11.3. The van der Waals surface area contributed by atoms with Gasteiger partial charge in [0.05, 0.1) is 32.1 Å². The summed E-state index contributed by atoms with van der Waals surface area (Å²) >= 11 is 0. The van der Waals surface area contributed by atoms with Gasteiger partial charge in [0.1, 0.15) is 5.75 Å². The van der Waals surface area contributed by atoms with Crippen molar-refractivity contribution in [2.75, 3.05) is 27.4 Å². The maximum Gasteiger partial charge on any atom is 0.339 e. The number of hydrogen-bond acceptors (Lipinski definition) is 5. The van der Waals surface area contributed by atoms with Crippen molar-refractivity contribution in [3.63, 3.8) is 0 Å². The summed E-state index contributed by atoms with van der Waals surface area (Å²) in [6, 6.07) is 1.61. The Balaban J connectivity index is 2.57. The fourth-order valence-electron chi connectivity index (χ4n) is 1.30. The molecule has 0 aliphatic rings. The minimum Gasteiger partial charge on any atom is -0.492 e. The van der Waals surface area contributed by atoms with Crippen molar-refractivity contribution < 1.29 is 19.0 Å². The lowest BCUT2D eigenvalue weighted by Crippen LogP contribution is -2.14. The molecule has 1 atom stereocenters. The molecule has 0 saturated carbocycles. The molecule has 0 spiro atoms. The average Bonchev–Trinajstić information content (AvgIpc) is 2.36. The molecule has 0 aromatic carbocycles. The zero-order valence-corrected chi connectivity index (χ0v) is 10.3. The lowest BCUT2D eigenvalue weighted by Gasteiger charge is -2.12. The molecule has 5 nitrogen and oxygen atoms in total. The molecule has 1 aromatic heterocycles. The summed E-state index contributed by atoms with van der Waals surface area (Å²) in [7, 11) is 2.98. The Labute approximate surface area is 101 Å². The van der Waals surface area contributed by atoms with Crippen LogP contribution < -0.4 is 4.74 Å². The van der Waals surface area contributed by atoms with Crippen LogP contribution in [0.5, 0.6) is 5.75 Å². The molecule has 0 N–H and O–H groups in total. The SMILES string of the molecule is COCC(C)COc1cncc(C(=O)OC)c1. The van der Waals surface area contributed by atoms with Gasteiger partial charge in [0, 0.05) is 19.2 Å². The summed E-state index contributed by atoms with van der Waals surface area (Å²) < 4.78 is 15.1. The summed E-state index contributed by atoms with van der Waals surface area (Å²) in [5, 5.41) is 0. The van der Waals surface area contributed by atoms with Crippen molar-refractivity contribution in [1.82, 2.24) is 4.98 Å². The second kappa shape index (κ2) is 6.85. The number of aromatic nitrogens is 1. The van der Waals surface area contributed by atoms with E-state index in [1.54, 1.807) is 19.4 Å². The molecule has 0 fully saturated rings. The van der Waals surface area contributed by atoms with E-state index in [1.807, 2.05) is 6.92 Å². The van der Waals surface area contributed by atoms with E-state index in [9.17, 15) is 4.79 Å². The van der Waals surface area contributed by atoms with Gasteiger partial charge in [-0.2, -0.15) is 0 Å². The van der Waals surface area contributed by atoms with Gasteiger partial charge < -0.3 is 14.2 Å². The van der Waals surface area contributed by atoms with Gasteiger partial charge >= 0.3 is 5.97 Å². The highest BCUT2D eigenvalue weighted by Gasteiger charge is 2.08. The minimum absolute atomic E-state index is 0.279. The van der Waals surface area contributed by atoms with Crippen LogP contribution in [-0.2, 0) is 9.47 Å². The zero-order chi connectivity index (χ0) is 12.7. The van der Waals surface area contributed by atoms with E-state index >= 15 is 0 Å². The van der Waals surface area contributed by atoms with Gasteiger partial charge in [0.2, 0.25) is 0 Å². The predicted octanol–water partition coefficient (Wildman–Crippen LogP) is 1.53. The van der Waals surface area contributed by atoms with Crippen LogP contribution in [0.1, 0.15) is 17.3 Å². The van der Waals surface area contributed by atoms with Crippen LogP contribution >= 0.6 is 0 Å². The fourth-order valence-corrected chi connectivity index (χ4v) is 1.30. The molecule has 1 heterocycles.